The standard InChI is InChI=1S/C29H26F5N5OS2.C27H22F7N5O/c1-16-13-17(5-8-19(16)27(40)37-18-6-7-18)23-15-36-26-22(35-10-9-28(32,33)34)14-24(38-39(23)26)29(41-11-12-42-29)20-3-2-4-21(30)25(20)31;1-14-11-15(5-8-17(14)25(40)37-16-6-7-16)21-13-36-24-20(35-10-9-26(30,31)32)12-22(38-39(21)24)27(33,34)18-3-2-4-19(28)23(18)29/h2-5,8,13-15,18,35H,6-7,9-12H2,1H3,(H,37,40);2-5,8,11-13,16,35H,6-7,9-10H2,1H3,(H,37,40). The molecule has 1 saturated heterocycles. The summed E-state index contributed by atoms with van der Waals surface area (Å²) < 4.78 is 168. The van der Waals surface area contributed by atoms with E-state index >= 15 is 13.2 Å². The normalized spacial score (nSPS) is 15.3. The summed E-state index contributed by atoms with van der Waals surface area (Å²) in [5.74, 6) is -8.54. The molecule has 0 bridgehead atoms. The number of halogens is 12. The molecule has 8 aromatic rings. The fourth-order valence-corrected chi connectivity index (χ4v) is 12.4. The minimum atomic E-state index is -4.51. The van der Waals surface area contributed by atoms with E-state index in [9.17, 15) is 49.1 Å². The van der Waals surface area contributed by atoms with E-state index in [1.807, 2.05) is 13.0 Å². The summed E-state index contributed by atoms with van der Waals surface area (Å²) in [6, 6.07) is 19.0. The number of hydrogen-bond acceptors (Lipinski definition) is 10. The van der Waals surface area contributed by atoms with Crippen molar-refractivity contribution in [3.05, 3.63) is 165 Å². The highest BCUT2D eigenvalue weighted by Crippen LogP contribution is 2.57. The van der Waals surface area contributed by atoms with Gasteiger partial charge in [0.1, 0.15) is 9.77 Å². The predicted octanol–water partition coefficient (Wildman–Crippen LogP) is 13.3. The molecule has 11 rings (SSSR count). The summed E-state index contributed by atoms with van der Waals surface area (Å²) in [6.07, 6.45) is -4.61. The second-order valence-electron chi connectivity index (χ2n) is 19.9. The first-order chi connectivity index (χ1) is 38.9. The number of hydrogen-bond donors (Lipinski definition) is 4. The lowest BCUT2D eigenvalue weighted by atomic mass is 10.0. The first kappa shape index (κ1) is 57.7. The number of thioether (sulfide) groups is 2. The quantitative estimate of drug-likeness (QED) is 0.0691. The zero-order valence-electron chi connectivity index (χ0n) is 43.3. The SMILES string of the molecule is Cc1cc(-c2cnc3c(NCCC(F)(F)F)cc(C(F)(F)c4cccc(F)c4F)nn23)ccc1C(=O)NC1CC1.Cc1cc(-c2cnc3c(NCCC(F)(F)F)cc(C4(c5cccc(F)c5F)SCCS4)nn23)ccc1C(=O)NC1CC1. The fraction of sp³-hybridized carbons (Fsp3) is 0.321. The molecule has 4 aromatic heterocycles. The first-order valence-corrected chi connectivity index (χ1v) is 27.7. The molecule has 2 aliphatic carbocycles. The Morgan fingerprint density at radius 1 is 0.610 bits per heavy atom. The Kier molecular flexibility index (Phi) is 16.0. The molecule has 4 N–H and O–H groups in total. The van der Waals surface area contributed by atoms with Crippen molar-refractivity contribution in [2.24, 2.45) is 0 Å². The van der Waals surface area contributed by atoms with Crippen molar-refractivity contribution in [3.63, 3.8) is 0 Å². The first-order valence-electron chi connectivity index (χ1n) is 25.7. The highest BCUT2D eigenvalue weighted by Gasteiger charge is 2.45. The lowest BCUT2D eigenvalue weighted by Crippen LogP contribution is -2.26. The van der Waals surface area contributed by atoms with E-state index in [2.05, 4.69) is 36.3 Å². The number of nitrogens with zero attached hydrogens (tertiary/aromatic N) is 6. The van der Waals surface area contributed by atoms with Gasteiger partial charge in [-0.1, -0.05) is 30.3 Å². The van der Waals surface area contributed by atoms with Crippen LogP contribution in [0.2, 0.25) is 0 Å². The minimum absolute atomic E-state index is 0.0651. The van der Waals surface area contributed by atoms with Crippen molar-refractivity contribution in [2.45, 2.75) is 86.8 Å². The molecule has 26 heteroatoms. The van der Waals surface area contributed by atoms with Crippen LogP contribution in [0.1, 0.15) is 92.9 Å². The van der Waals surface area contributed by atoms with Gasteiger partial charge in [0.15, 0.2) is 34.6 Å². The molecule has 2 amide bonds. The summed E-state index contributed by atoms with van der Waals surface area (Å²) >= 11 is 2.79. The molecule has 3 aliphatic rings. The number of carbonyl (C=O) groups excluding carboxylic acids is 2. The second-order valence-corrected chi connectivity index (χ2v) is 22.8. The largest absolute Gasteiger partial charge is 0.390 e. The Morgan fingerprint density at radius 2 is 1.09 bits per heavy atom. The molecule has 82 heavy (non-hydrogen) atoms. The van der Waals surface area contributed by atoms with E-state index in [0.717, 1.165) is 54.0 Å². The number of aromatic nitrogens is 6. The van der Waals surface area contributed by atoms with E-state index in [1.165, 1.54) is 46.4 Å². The Bertz CT molecular complexity index is 3740. The number of aryl methyl sites for hydroxylation is 2. The number of imidazole rings is 2. The zero-order chi connectivity index (χ0) is 58.5. The van der Waals surface area contributed by atoms with Crippen LogP contribution in [0.3, 0.4) is 0 Å². The monoisotopic (exact) mass is 1180 g/mol. The molecular formula is C56H48F12N10O2S2. The molecule has 0 spiro atoms. The van der Waals surface area contributed by atoms with Crippen LogP contribution in [-0.2, 0) is 10.0 Å². The number of fused-ring (bicyclic) bond motifs is 2. The smallest absolute Gasteiger partial charge is 0.382 e. The highest BCUT2D eigenvalue weighted by atomic mass is 32.2. The molecule has 430 valence electrons. The maximum Gasteiger partial charge on any atom is 0.390 e. The number of nitrogens with one attached hydrogen (secondary N) is 4. The third-order valence-electron chi connectivity index (χ3n) is 13.7. The van der Waals surface area contributed by atoms with Gasteiger partial charge in [-0.3, -0.25) is 9.59 Å². The van der Waals surface area contributed by atoms with Gasteiger partial charge >= 0.3 is 18.3 Å². The van der Waals surface area contributed by atoms with Gasteiger partial charge in [-0.05, 0) is 105 Å². The molecule has 1 aliphatic heterocycles. The zero-order valence-corrected chi connectivity index (χ0v) is 44.9. The molecule has 2 saturated carbocycles. The summed E-state index contributed by atoms with van der Waals surface area (Å²) in [5, 5.41) is 20.0. The van der Waals surface area contributed by atoms with E-state index in [1.54, 1.807) is 49.5 Å². The summed E-state index contributed by atoms with van der Waals surface area (Å²) in [6.45, 7) is 2.45. The summed E-state index contributed by atoms with van der Waals surface area (Å²) in [4.78, 5) is 33.8. The van der Waals surface area contributed by atoms with Crippen molar-refractivity contribution in [1.82, 2.24) is 39.8 Å². The Hall–Kier alpha value is -7.48. The van der Waals surface area contributed by atoms with Crippen molar-refractivity contribution in [3.8, 4) is 22.5 Å². The van der Waals surface area contributed by atoms with E-state index < -0.39 is 82.8 Å². The van der Waals surface area contributed by atoms with Crippen LogP contribution < -0.4 is 21.3 Å². The van der Waals surface area contributed by atoms with Crippen molar-refractivity contribution >= 4 is 58.0 Å². The van der Waals surface area contributed by atoms with E-state index in [-0.39, 0.29) is 57.8 Å². The average Bonchev–Trinajstić information content (AvgIpc) is 4.46. The number of benzene rings is 4. The number of amides is 2. The molecule has 4 aromatic carbocycles. The fourth-order valence-electron chi connectivity index (χ4n) is 9.22. The second kappa shape index (κ2) is 22.7. The van der Waals surface area contributed by atoms with Gasteiger partial charge in [0.05, 0.1) is 59.3 Å². The maximum atomic E-state index is 15.5. The van der Waals surface area contributed by atoms with Gasteiger partial charge in [0.25, 0.3) is 11.8 Å². The number of alkyl halides is 8. The molecule has 12 nitrogen and oxygen atoms in total. The maximum absolute atomic E-state index is 15.5. The van der Waals surface area contributed by atoms with Crippen LogP contribution in [0.15, 0.2) is 97.3 Å². The Labute approximate surface area is 468 Å². The third-order valence-corrected chi connectivity index (χ3v) is 17.1. The molecule has 0 atom stereocenters. The van der Waals surface area contributed by atoms with Crippen molar-refractivity contribution < 1.29 is 62.3 Å². The number of carbonyl (C=O) groups is 2. The van der Waals surface area contributed by atoms with Crippen LogP contribution in [-0.4, -0.2) is 90.0 Å². The topological polar surface area (TPSA) is 143 Å². The third kappa shape index (κ3) is 12.3. The highest BCUT2D eigenvalue weighted by molar-refractivity contribution is 8.20. The molecule has 5 heterocycles. The van der Waals surface area contributed by atoms with Gasteiger partial charge in [-0.2, -0.15) is 45.3 Å². The van der Waals surface area contributed by atoms with Gasteiger partial charge in [0.2, 0.25) is 0 Å². The van der Waals surface area contributed by atoms with Crippen molar-refractivity contribution in [2.75, 3.05) is 35.2 Å². The lowest BCUT2D eigenvalue weighted by molar-refractivity contribution is -0.132. The molecule has 0 unspecified atom stereocenters. The average molecular weight is 1190 g/mol. The van der Waals surface area contributed by atoms with Gasteiger partial charge in [-0.25, -0.2) is 36.6 Å². The predicted molar refractivity (Wildman–Crippen MR) is 287 cm³/mol. The van der Waals surface area contributed by atoms with Crippen LogP contribution in [0.25, 0.3) is 33.8 Å². The van der Waals surface area contributed by atoms with Crippen LogP contribution in [0.4, 0.5) is 64.1 Å². The van der Waals surface area contributed by atoms with E-state index in [4.69, 9.17) is 5.10 Å². The number of anilines is 2. The number of rotatable bonds is 16. The Balaban J connectivity index is 0.000000184. The van der Waals surface area contributed by atoms with Crippen molar-refractivity contribution in [1.29, 1.82) is 0 Å². The van der Waals surface area contributed by atoms with Gasteiger partial charge in [-0.15, -0.1) is 23.5 Å². The summed E-state index contributed by atoms with van der Waals surface area (Å²) in [5.41, 5.74) is 2.52. The molecule has 3 fully saturated rings. The Morgan fingerprint density at radius 3 is 1.57 bits per heavy atom. The van der Waals surface area contributed by atoms with Crippen LogP contribution in [0, 0.1) is 37.1 Å². The molecular weight excluding hydrogens is 1140 g/mol. The van der Waals surface area contributed by atoms with Crippen LogP contribution >= 0.6 is 23.5 Å². The molecule has 0 radical (unpaired) electrons. The lowest BCUT2D eigenvalue weighted by Gasteiger charge is -2.28. The van der Waals surface area contributed by atoms with Gasteiger partial charge in [0, 0.05) is 64.5 Å². The minimum Gasteiger partial charge on any atom is -0.382 e. The van der Waals surface area contributed by atoms with Gasteiger partial charge < -0.3 is 21.3 Å². The van der Waals surface area contributed by atoms with E-state index in [0.29, 0.717) is 62.8 Å². The van der Waals surface area contributed by atoms with Crippen LogP contribution in [0.5, 0.6) is 0 Å². The summed E-state index contributed by atoms with van der Waals surface area (Å²) in [7, 11) is 0.